The summed E-state index contributed by atoms with van der Waals surface area (Å²) in [5.74, 6) is 1.83. The van der Waals surface area contributed by atoms with E-state index in [1.165, 1.54) is 0 Å². The van der Waals surface area contributed by atoms with Gasteiger partial charge in [-0.15, -0.1) is 24.0 Å². The highest BCUT2D eigenvalue weighted by Crippen LogP contribution is 2.27. The van der Waals surface area contributed by atoms with E-state index in [1.807, 2.05) is 25.1 Å². The van der Waals surface area contributed by atoms with Gasteiger partial charge in [-0.1, -0.05) is 26.0 Å². The number of rotatable bonds is 8. The molecule has 1 aromatic carbocycles. The summed E-state index contributed by atoms with van der Waals surface area (Å²) < 4.78 is 5.83. The van der Waals surface area contributed by atoms with Crippen molar-refractivity contribution in [3.8, 4) is 5.75 Å². The molecule has 28 heavy (non-hydrogen) atoms. The molecule has 1 atom stereocenters. The molecule has 7 heteroatoms. The summed E-state index contributed by atoms with van der Waals surface area (Å²) in [6.45, 7) is 14.4. The van der Waals surface area contributed by atoms with E-state index in [0.717, 1.165) is 63.9 Å². The predicted molar refractivity (Wildman–Crippen MR) is 128 cm³/mol. The Morgan fingerprint density at radius 2 is 1.86 bits per heavy atom. The Hall–Kier alpha value is -1.22. The number of halogens is 1. The first-order chi connectivity index (χ1) is 13.1. The molecular weight excluding hydrogens is 467 g/mol. The van der Waals surface area contributed by atoms with Crippen LogP contribution in [0.1, 0.15) is 34.1 Å². The van der Waals surface area contributed by atoms with E-state index < -0.39 is 0 Å². The van der Waals surface area contributed by atoms with Crippen molar-refractivity contribution in [3.63, 3.8) is 0 Å². The van der Waals surface area contributed by atoms with Gasteiger partial charge in [0.15, 0.2) is 5.96 Å². The van der Waals surface area contributed by atoms with Crippen LogP contribution in [0.5, 0.6) is 5.75 Å². The summed E-state index contributed by atoms with van der Waals surface area (Å²) in [6, 6.07) is 7.55. The first-order valence-corrected chi connectivity index (χ1v) is 10.2. The van der Waals surface area contributed by atoms with Crippen molar-refractivity contribution in [1.82, 2.24) is 10.2 Å². The fourth-order valence-electron chi connectivity index (χ4n) is 3.44. The Morgan fingerprint density at radius 1 is 1.18 bits per heavy atom. The summed E-state index contributed by atoms with van der Waals surface area (Å²) in [4.78, 5) is 9.39. The number of aromatic hydroxyl groups is 1. The second kappa shape index (κ2) is 13.1. The van der Waals surface area contributed by atoms with Crippen LogP contribution in [0.3, 0.4) is 0 Å². The molecule has 1 unspecified atom stereocenters. The van der Waals surface area contributed by atoms with Crippen molar-refractivity contribution in [2.45, 2.75) is 40.2 Å². The number of phenols is 1. The number of aliphatic imine (C=N–C) groups is 1. The molecule has 1 aliphatic rings. The van der Waals surface area contributed by atoms with Crippen molar-refractivity contribution in [3.05, 3.63) is 24.3 Å². The molecule has 2 rings (SSSR count). The van der Waals surface area contributed by atoms with Crippen molar-refractivity contribution in [2.75, 3.05) is 50.8 Å². The minimum Gasteiger partial charge on any atom is -0.506 e. The van der Waals surface area contributed by atoms with E-state index in [0.29, 0.717) is 11.7 Å². The highest BCUT2D eigenvalue weighted by molar-refractivity contribution is 14.0. The lowest BCUT2D eigenvalue weighted by molar-refractivity contribution is 0.0266. The number of ether oxygens (including phenoxy) is 1. The summed E-state index contributed by atoms with van der Waals surface area (Å²) in [5.41, 5.74) is 0.913. The Kier molecular flexibility index (Phi) is 11.6. The van der Waals surface area contributed by atoms with Gasteiger partial charge < -0.3 is 25.0 Å². The fraction of sp³-hybridized carbons (Fsp3) is 0.667. The number of anilines is 1. The number of benzene rings is 1. The lowest BCUT2D eigenvalue weighted by Gasteiger charge is -2.38. The summed E-state index contributed by atoms with van der Waals surface area (Å²) in [6.07, 6.45) is 1.21. The molecule has 1 saturated heterocycles. The highest BCUT2D eigenvalue weighted by atomic mass is 127. The van der Waals surface area contributed by atoms with Crippen LogP contribution in [0.4, 0.5) is 5.69 Å². The molecule has 0 saturated carbocycles. The largest absolute Gasteiger partial charge is 0.506 e. The summed E-state index contributed by atoms with van der Waals surface area (Å²) >= 11 is 0. The lowest BCUT2D eigenvalue weighted by Crippen LogP contribution is -2.52. The normalized spacial score (nSPS) is 16.1. The molecule has 6 nitrogen and oxygen atoms in total. The third-order valence-electron chi connectivity index (χ3n) is 4.94. The molecular formula is C21H37IN4O2. The van der Waals surface area contributed by atoms with Gasteiger partial charge in [0.25, 0.3) is 0 Å². The van der Waals surface area contributed by atoms with Gasteiger partial charge in [0.2, 0.25) is 0 Å². The Morgan fingerprint density at radius 3 is 2.43 bits per heavy atom. The average molecular weight is 504 g/mol. The number of hydrogen-bond acceptors (Lipinski definition) is 4. The zero-order chi connectivity index (χ0) is 19.6. The molecule has 1 heterocycles. The molecule has 0 spiro atoms. The zero-order valence-corrected chi connectivity index (χ0v) is 20.1. The van der Waals surface area contributed by atoms with E-state index in [1.54, 1.807) is 6.07 Å². The van der Waals surface area contributed by atoms with E-state index in [4.69, 9.17) is 9.73 Å². The smallest absolute Gasteiger partial charge is 0.194 e. The Labute approximate surface area is 187 Å². The van der Waals surface area contributed by atoms with Crippen LogP contribution in [0, 0.1) is 5.92 Å². The second-order valence-corrected chi connectivity index (χ2v) is 7.22. The molecule has 0 radical (unpaired) electrons. The number of piperazine rings is 1. The van der Waals surface area contributed by atoms with Gasteiger partial charge in [0, 0.05) is 45.9 Å². The Bertz CT molecular complexity index is 590. The minimum atomic E-state index is 0. The van der Waals surface area contributed by atoms with E-state index in [-0.39, 0.29) is 30.1 Å². The number of nitrogens with zero attached hydrogens (tertiary/aromatic N) is 3. The number of phenolic OH excluding ortho intramolecular Hbond substituents is 1. The molecule has 0 aliphatic carbocycles. The first-order valence-electron chi connectivity index (χ1n) is 10.2. The standard InChI is InChI=1S/C21H36N4O2.HI/c1-5-22-21(23-12-11-20(17(3)4)27-6-2)25-15-13-24(14-16-25)18-9-7-8-10-19(18)26;/h7-10,17,20,26H,5-6,11-16H2,1-4H3,(H,22,23);1H. The fourth-order valence-corrected chi connectivity index (χ4v) is 3.44. The van der Waals surface area contributed by atoms with E-state index in [9.17, 15) is 5.11 Å². The molecule has 2 N–H and O–H groups in total. The molecule has 0 aromatic heterocycles. The van der Waals surface area contributed by atoms with Crippen molar-refractivity contribution in [2.24, 2.45) is 10.9 Å². The molecule has 0 bridgehead atoms. The molecule has 1 fully saturated rings. The van der Waals surface area contributed by atoms with Crippen LogP contribution < -0.4 is 10.2 Å². The van der Waals surface area contributed by atoms with Crippen molar-refractivity contribution >= 4 is 35.6 Å². The van der Waals surface area contributed by atoms with Gasteiger partial charge in [0.05, 0.1) is 11.8 Å². The zero-order valence-electron chi connectivity index (χ0n) is 17.7. The second-order valence-electron chi connectivity index (χ2n) is 7.22. The van der Waals surface area contributed by atoms with Crippen LogP contribution in [-0.4, -0.2) is 67.9 Å². The van der Waals surface area contributed by atoms with Gasteiger partial charge in [-0.25, -0.2) is 0 Å². The van der Waals surface area contributed by atoms with Crippen LogP contribution in [0.2, 0.25) is 0 Å². The SMILES string of the molecule is CCNC(=NCCC(OCC)C(C)C)N1CCN(c2ccccc2O)CC1.I. The van der Waals surface area contributed by atoms with Gasteiger partial charge in [0.1, 0.15) is 5.75 Å². The number of nitrogens with one attached hydrogen (secondary N) is 1. The third kappa shape index (κ3) is 7.31. The molecule has 1 aromatic rings. The van der Waals surface area contributed by atoms with Gasteiger partial charge in [-0.05, 0) is 38.3 Å². The highest BCUT2D eigenvalue weighted by Gasteiger charge is 2.21. The van der Waals surface area contributed by atoms with Gasteiger partial charge in [-0.2, -0.15) is 0 Å². The maximum Gasteiger partial charge on any atom is 0.194 e. The molecule has 1 aliphatic heterocycles. The summed E-state index contributed by atoms with van der Waals surface area (Å²) in [5, 5.41) is 13.5. The number of para-hydroxylation sites is 2. The van der Waals surface area contributed by atoms with Crippen LogP contribution >= 0.6 is 24.0 Å². The lowest BCUT2D eigenvalue weighted by atomic mass is 10.0. The van der Waals surface area contributed by atoms with E-state index in [2.05, 4.69) is 35.9 Å². The quantitative estimate of drug-likeness (QED) is 0.322. The topological polar surface area (TPSA) is 60.3 Å². The first kappa shape index (κ1) is 24.8. The monoisotopic (exact) mass is 504 g/mol. The van der Waals surface area contributed by atoms with E-state index >= 15 is 0 Å². The number of guanidine groups is 1. The maximum atomic E-state index is 10.1. The third-order valence-corrected chi connectivity index (χ3v) is 4.94. The van der Waals surface area contributed by atoms with Crippen LogP contribution in [0.25, 0.3) is 0 Å². The Balaban J connectivity index is 0.00000392. The number of hydrogen-bond donors (Lipinski definition) is 2. The predicted octanol–water partition coefficient (Wildman–Crippen LogP) is 3.55. The van der Waals surface area contributed by atoms with Crippen molar-refractivity contribution < 1.29 is 9.84 Å². The van der Waals surface area contributed by atoms with Crippen LogP contribution in [-0.2, 0) is 4.74 Å². The molecule has 160 valence electrons. The van der Waals surface area contributed by atoms with Crippen molar-refractivity contribution in [1.29, 1.82) is 0 Å². The average Bonchev–Trinajstić information content (AvgIpc) is 2.67. The summed E-state index contributed by atoms with van der Waals surface area (Å²) in [7, 11) is 0. The molecule has 0 amide bonds. The van der Waals surface area contributed by atoms with Gasteiger partial charge in [-0.3, -0.25) is 4.99 Å². The maximum absolute atomic E-state index is 10.1. The van der Waals surface area contributed by atoms with Crippen LogP contribution in [0.15, 0.2) is 29.3 Å². The minimum absolute atomic E-state index is 0. The van der Waals surface area contributed by atoms with Gasteiger partial charge >= 0.3 is 0 Å².